The van der Waals surface area contributed by atoms with Gasteiger partial charge in [-0.25, -0.2) is 17.1 Å². The Kier molecular flexibility index (Phi) is 10.4. The molecular formula is C22H33Cl2FN4O2S. The molecule has 0 saturated carbocycles. The van der Waals surface area contributed by atoms with Gasteiger partial charge in [0, 0.05) is 38.3 Å². The van der Waals surface area contributed by atoms with Gasteiger partial charge in [0.05, 0.1) is 17.3 Å². The van der Waals surface area contributed by atoms with E-state index in [1.54, 1.807) is 12.1 Å². The fourth-order valence-corrected chi connectivity index (χ4v) is 4.97. The van der Waals surface area contributed by atoms with Crippen molar-refractivity contribution in [3.8, 4) is 0 Å². The predicted octanol–water partition coefficient (Wildman–Crippen LogP) is 4.86. The number of rotatable bonds is 9. The molecule has 10 heteroatoms. The molecule has 0 unspecified atom stereocenters. The van der Waals surface area contributed by atoms with E-state index in [4.69, 9.17) is 22.4 Å². The minimum atomic E-state index is -3.63. The highest BCUT2D eigenvalue weighted by molar-refractivity contribution is 7.89. The zero-order valence-corrected chi connectivity index (χ0v) is 21.8. The van der Waals surface area contributed by atoms with Gasteiger partial charge in [-0.3, -0.25) is 4.68 Å². The van der Waals surface area contributed by atoms with Crippen molar-refractivity contribution in [3.63, 3.8) is 0 Å². The monoisotopic (exact) mass is 506 g/mol. The van der Waals surface area contributed by atoms with Crippen LogP contribution >= 0.6 is 24.0 Å². The fourth-order valence-electron chi connectivity index (χ4n) is 3.53. The zero-order chi connectivity index (χ0) is 23.5. The molecule has 2 N–H and O–H groups in total. The quantitative estimate of drug-likeness (QED) is 0.526. The van der Waals surface area contributed by atoms with E-state index in [0.29, 0.717) is 6.54 Å². The van der Waals surface area contributed by atoms with Crippen molar-refractivity contribution in [3.05, 3.63) is 57.6 Å². The molecule has 0 atom stereocenters. The van der Waals surface area contributed by atoms with E-state index in [-0.39, 0.29) is 53.0 Å². The Labute approximate surface area is 202 Å². The first kappa shape index (κ1) is 28.6. The molecule has 1 aromatic heterocycles. The molecule has 1 heterocycles. The van der Waals surface area contributed by atoms with Gasteiger partial charge in [0.15, 0.2) is 0 Å². The topological polar surface area (TPSA) is 81.2 Å². The number of allylic oxidation sites excluding steroid dienone is 1. The van der Waals surface area contributed by atoms with E-state index in [0.717, 1.165) is 26.8 Å². The third-order valence-electron chi connectivity index (χ3n) is 4.99. The third-order valence-corrected chi connectivity index (χ3v) is 7.29. The molecular weight excluding hydrogens is 474 g/mol. The summed E-state index contributed by atoms with van der Waals surface area (Å²) in [6.45, 7) is 8.70. The van der Waals surface area contributed by atoms with Crippen molar-refractivity contribution in [2.45, 2.75) is 57.4 Å². The first-order valence-electron chi connectivity index (χ1n) is 10.2. The molecule has 0 aliphatic rings. The van der Waals surface area contributed by atoms with Crippen LogP contribution in [0.3, 0.4) is 0 Å². The molecule has 0 bridgehead atoms. The van der Waals surface area contributed by atoms with Gasteiger partial charge in [-0.2, -0.15) is 5.10 Å². The minimum absolute atomic E-state index is 0. The maximum atomic E-state index is 14.4. The van der Waals surface area contributed by atoms with Gasteiger partial charge in [-0.05, 0) is 35.6 Å². The number of aromatic nitrogens is 2. The molecule has 2 aromatic rings. The Morgan fingerprint density at radius 2 is 1.88 bits per heavy atom. The smallest absolute Gasteiger partial charge is 0.244 e. The Morgan fingerprint density at radius 1 is 1.25 bits per heavy atom. The fraction of sp³-hybridized carbons (Fsp3) is 0.500. The molecule has 180 valence electrons. The summed E-state index contributed by atoms with van der Waals surface area (Å²) >= 11 is 6.31. The molecule has 0 aliphatic carbocycles. The molecule has 0 fully saturated rings. The lowest BCUT2D eigenvalue weighted by Gasteiger charge is -2.15. The predicted molar refractivity (Wildman–Crippen MR) is 131 cm³/mol. The van der Waals surface area contributed by atoms with E-state index in [1.807, 2.05) is 32.4 Å². The van der Waals surface area contributed by atoms with Crippen LogP contribution < -0.4 is 5.73 Å². The summed E-state index contributed by atoms with van der Waals surface area (Å²) in [5.41, 5.74) is 8.96. The van der Waals surface area contributed by atoms with Gasteiger partial charge in [0.1, 0.15) is 10.7 Å². The van der Waals surface area contributed by atoms with Gasteiger partial charge < -0.3 is 5.73 Å². The highest BCUT2D eigenvalue weighted by Crippen LogP contribution is 2.31. The average molecular weight is 508 g/mol. The molecule has 6 nitrogen and oxygen atoms in total. The molecule has 0 saturated heterocycles. The van der Waals surface area contributed by atoms with E-state index >= 15 is 0 Å². The van der Waals surface area contributed by atoms with Crippen molar-refractivity contribution >= 4 is 34.0 Å². The van der Waals surface area contributed by atoms with Crippen molar-refractivity contribution in [1.82, 2.24) is 14.1 Å². The maximum absolute atomic E-state index is 14.4. The van der Waals surface area contributed by atoms with Crippen LogP contribution in [-0.4, -0.2) is 43.1 Å². The van der Waals surface area contributed by atoms with Crippen molar-refractivity contribution in [2.24, 2.45) is 5.73 Å². The van der Waals surface area contributed by atoms with Crippen LogP contribution in [0.25, 0.3) is 0 Å². The van der Waals surface area contributed by atoms with Crippen LogP contribution in [0.1, 0.15) is 62.0 Å². The maximum Gasteiger partial charge on any atom is 0.244 e. The number of benzene rings is 1. The second-order valence-electron chi connectivity index (χ2n) is 8.33. The van der Waals surface area contributed by atoms with Gasteiger partial charge in [0.25, 0.3) is 0 Å². The highest BCUT2D eigenvalue weighted by Gasteiger charge is 2.24. The standard InChI is InChI=1S/C22H32ClFN4O2S.ClH/c1-14(2)21-18(12-17(24)9-10-25)22(15(3)4)28(26-21)13-16-7-8-20(19(23)11-16)31(29,30)27(5)6;/h7-9,11,14-15H,10,12-13,25H2,1-6H3;1H/b17-9-;. The van der Waals surface area contributed by atoms with Crippen LogP contribution in [0.15, 0.2) is 35.0 Å². The molecule has 32 heavy (non-hydrogen) atoms. The second kappa shape index (κ2) is 11.6. The van der Waals surface area contributed by atoms with E-state index in [1.165, 1.54) is 26.2 Å². The number of sulfonamides is 1. The van der Waals surface area contributed by atoms with Crippen LogP contribution in [-0.2, 0) is 23.0 Å². The summed E-state index contributed by atoms with van der Waals surface area (Å²) < 4.78 is 42.2. The van der Waals surface area contributed by atoms with Crippen LogP contribution in [0.4, 0.5) is 4.39 Å². The van der Waals surface area contributed by atoms with Crippen molar-refractivity contribution in [2.75, 3.05) is 20.6 Å². The summed E-state index contributed by atoms with van der Waals surface area (Å²) in [7, 11) is -0.703. The lowest BCUT2D eigenvalue weighted by Crippen LogP contribution is -2.22. The van der Waals surface area contributed by atoms with E-state index in [2.05, 4.69) is 0 Å². The van der Waals surface area contributed by atoms with Gasteiger partial charge in [0.2, 0.25) is 10.0 Å². The zero-order valence-electron chi connectivity index (χ0n) is 19.4. The van der Waals surface area contributed by atoms with Gasteiger partial charge in [-0.15, -0.1) is 12.4 Å². The minimum Gasteiger partial charge on any atom is -0.327 e. The Morgan fingerprint density at radius 3 is 2.34 bits per heavy atom. The van der Waals surface area contributed by atoms with Gasteiger partial charge in [-0.1, -0.05) is 45.4 Å². The number of hydrogen-bond acceptors (Lipinski definition) is 4. The molecule has 1 aromatic carbocycles. The van der Waals surface area contributed by atoms with Crippen LogP contribution in [0.5, 0.6) is 0 Å². The summed E-state index contributed by atoms with van der Waals surface area (Å²) in [6, 6.07) is 4.89. The Bertz CT molecular complexity index is 1060. The van der Waals surface area contributed by atoms with Crippen molar-refractivity contribution in [1.29, 1.82) is 0 Å². The largest absolute Gasteiger partial charge is 0.327 e. The molecule has 0 amide bonds. The first-order chi connectivity index (χ1) is 14.4. The summed E-state index contributed by atoms with van der Waals surface area (Å²) in [5.74, 6) is -0.0349. The lowest BCUT2D eigenvalue weighted by molar-refractivity contribution is 0.520. The average Bonchev–Trinajstić information content (AvgIpc) is 2.99. The first-order valence-corrected chi connectivity index (χ1v) is 12.1. The summed E-state index contributed by atoms with van der Waals surface area (Å²) in [6.07, 6.45) is 1.54. The number of hydrogen-bond donors (Lipinski definition) is 1. The Balaban J connectivity index is 0.00000512. The number of nitrogens with two attached hydrogens (primary N) is 1. The Hall–Kier alpha value is -1.45. The molecule has 2 rings (SSSR count). The SMILES string of the molecule is CC(C)c1nn(Cc2ccc(S(=O)(=O)N(C)C)c(Cl)c2)c(C(C)C)c1C/C(F)=C/CN.Cl. The van der Waals surface area contributed by atoms with Crippen molar-refractivity contribution < 1.29 is 12.8 Å². The third kappa shape index (κ3) is 6.32. The van der Waals surface area contributed by atoms with Crippen LogP contribution in [0, 0.1) is 0 Å². The second-order valence-corrected chi connectivity index (χ2v) is 10.9. The van der Waals surface area contributed by atoms with Gasteiger partial charge >= 0.3 is 0 Å². The highest BCUT2D eigenvalue weighted by atomic mass is 35.5. The number of nitrogens with zero attached hydrogens (tertiary/aromatic N) is 3. The molecule has 0 aliphatic heterocycles. The molecule has 0 spiro atoms. The normalized spacial score (nSPS) is 12.7. The number of halogens is 3. The lowest BCUT2D eigenvalue weighted by atomic mass is 9.96. The van der Waals surface area contributed by atoms with E-state index in [9.17, 15) is 12.8 Å². The summed E-state index contributed by atoms with van der Waals surface area (Å²) in [5, 5.41) is 4.95. The molecule has 0 radical (unpaired) electrons. The van der Waals surface area contributed by atoms with Crippen LogP contribution in [0.2, 0.25) is 5.02 Å². The summed E-state index contributed by atoms with van der Waals surface area (Å²) in [4.78, 5) is 0.0602. The van der Waals surface area contributed by atoms with E-state index < -0.39 is 10.0 Å².